The molecule has 1 aromatic carbocycles. The number of Topliss-reactive ketones (excluding diaryl/α,β-unsaturated/α-hetero) is 1. The zero-order chi connectivity index (χ0) is 15.1. The van der Waals surface area contributed by atoms with Gasteiger partial charge in [-0.05, 0) is 24.6 Å². The Kier molecular flexibility index (Phi) is 6.14. The van der Waals surface area contributed by atoms with Crippen molar-refractivity contribution in [3.05, 3.63) is 23.8 Å². The molecule has 0 fully saturated rings. The van der Waals surface area contributed by atoms with Crippen molar-refractivity contribution in [1.82, 2.24) is 0 Å². The fraction of sp³-hybridized carbons (Fsp3) is 0.429. The van der Waals surface area contributed by atoms with Gasteiger partial charge < -0.3 is 20.1 Å². The fourth-order valence-electron chi connectivity index (χ4n) is 1.69. The van der Waals surface area contributed by atoms with Crippen LogP contribution in [-0.2, 0) is 4.79 Å². The van der Waals surface area contributed by atoms with E-state index in [0.717, 1.165) is 0 Å². The second-order valence-corrected chi connectivity index (χ2v) is 4.33. The molecule has 0 saturated heterocycles. The number of benzene rings is 1. The first-order valence-electron chi connectivity index (χ1n) is 6.11. The second kappa shape index (κ2) is 7.62. The molecular formula is C14H17O6. The molecule has 0 aliphatic carbocycles. The van der Waals surface area contributed by atoms with Gasteiger partial charge in [0.05, 0.1) is 19.3 Å². The van der Waals surface area contributed by atoms with E-state index in [4.69, 9.17) is 4.74 Å². The first-order chi connectivity index (χ1) is 9.49. The summed E-state index contributed by atoms with van der Waals surface area (Å²) in [5, 5.41) is 28.3. The lowest BCUT2D eigenvalue weighted by Gasteiger charge is -2.14. The second-order valence-electron chi connectivity index (χ2n) is 4.33. The van der Waals surface area contributed by atoms with Crippen LogP contribution >= 0.6 is 0 Å². The SMILES string of the molecule is COc1cc(C(=O)CCC(O)C(O)C[C]=O)ccc1O. The molecule has 0 aliphatic rings. The van der Waals surface area contributed by atoms with Crippen LogP contribution in [0.3, 0.4) is 0 Å². The molecule has 0 saturated carbocycles. The van der Waals surface area contributed by atoms with Crippen LogP contribution in [0.15, 0.2) is 18.2 Å². The van der Waals surface area contributed by atoms with E-state index in [-0.39, 0.29) is 36.5 Å². The largest absolute Gasteiger partial charge is 0.504 e. The van der Waals surface area contributed by atoms with Gasteiger partial charge in [0.15, 0.2) is 17.3 Å². The summed E-state index contributed by atoms with van der Waals surface area (Å²) in [6, 6.07) is 4.20. The van der Waals surface area contributed by atoms with Crippen LogP contribution in [0, 0.1) is 0 Å². The predicted molar refractivity (Wildman–Crippen MR) is 70.5 cm³/mol. The van der Waals surface area contributed by atoms with Gasteiger partial charge in [0.1, 0.15) is 0 Å². The molecule has 6 nitrogen and oxygen atoms in total. The van der Waals surface area contributed by atoms with E-state index < -0.39 is 12.2 Å². The van der Waals surface area contributed by atoms with Gasteiger partial charge in [-0.25, -0.2) is 0 Å². The molecule has 3 N–H and O–H groups in total. The number of carbonyl (C=O) groups is 1. The zero-order valence-corrected chi connectivity index (χ0v) is 11.1. The molecule has 109 valence electrons. The number of phenols is 1. The number of hydrogen-bond acceptors (Lipinski definition) is 6. The lowest BCUT2D eigenvalue weighted by molar-refractivity contribution is 0.0181. The molecule has 0 heterocycles. The molecule has 0 spiro atoms. The molecule has 6 heteroatoms. The van der Waals surface area contributed by atoms with Gasteiger partial charge in [0, 0.05) is 18.4 Å². The van der Waals surface area contributed by atoms with Crippen molar-refractivity contribution in [3.8, 4) is 11.5 Å². The number of rotatable bonds is 8. The van der Waals surface area contributed by atoms with Gasteiger partial charge in [0.25, 0.3) is 0 Å². The predicted octanol–water partition coefficient (Wildman–Crippen LogP) is 0.585. The number of ether oxygens (including phenoxy) is 1. The van der Waals surface area contributed by atoms with Crippen LogP contribution in [-0.4, -0.2) is 46.7 Å². The minimum absolute atomic E-state index is 0.00497. The average Bonchev–Trinajstić information content (AvgIpc) is 2.45. The van der Waals surface area contributed by atoms with E-state index in [1.54, 1.807) is 0 Å². The maximum absolute atomic E-state index is 11.9. The number of ketones is 1. The topological polar surface area (TPSA) is 104 Å². The van der Waals surface area contributed by atoms with Crippen molar-refractivity contribution < 1.29 is 29.6 Å². The molecule has 1 radical (unpaired) electrons. The Morgan fingerprint density at radius 2 is 2.05 bits per heavy atom. The highest BCUT2D eigenvalue weighted by molar-refractivity contribution is 5.96. The average molecular weight is 281 g/mol. The van der Waals surface area contributed by atoms with Crippen LogP contribution in [0.4, 0.5) is 0 Å². The molecule has 0 aromatic heterocycles. The van der Waals surface area contributed by atoms with Crippen molar-refractivity contribution in [2.75, 3.05) is 7.11 Å². The monoisotopic (exact) mass is 281 g/mol. The fourth-order valence-corrected chi connectivity index (χ4v) is 1.69. The number of aliphatic hydroxyl groups is 2. The summed E-state index contributed by atoms with van der Waals surface area (Å²) in [6.45, 7) is 0. The third kappa shape index (κ3) is 4.32. The maximum Gasteiger partial charge on any atom is 0.201 e. The standard InChI is InChI=1S/C14H17O6/c1-20-14-8-9(2-3-13(14)19)10(16)4-5-11(17)12(18)6-7-15/h2-3,8,11-12,17-19H,4-6H2,1H3. The van der Waals surface area contributed by atoms with E-state index in [1.807, 2.05) is 0 Å². The smallest absolute Gasteiger partial charge is 0.201 e. The lowest BCUT2D eigenvalue weighted by Crippen LogP contribution is -2.26. The third-order valence-electron chi connectivity index (χ3n) is 2.91. The van der Waals surface area contributed by atoms with Crippen molar-refractivity contribution in [2.45, 2.75) is 31.5 Å². The molecule has 0 bridgehead atoms. The molecule has 1 aromatic rings. The Bertz CT molecular complexity index is 471. The van der Waals surface area contributed by atoms with Gasteiger partial charge >= 0.3 is 0 Å². The number of carbonyl (C=O) groups excluding carboxylic acids is 2. The maximum atomic E-state index is 11.9. The molecule has 1 rings (SSSR count). The highest BCUT2D eigenvalue weighted by atomic mass is 16.5. The highest BCUT2D eigenvalue weighted by Crippen LogP contribution is 2.27. The quantitative estimate of drug-likeness (QED) is 0.602. The Balaban J connectivity index is 2.61. The Morgan fingerprint density at radius 3 is 2.65 bits per heavy atom. The minimum atomic E-state index is -1.21. The summed E-state index contributed by atoms with van der Waals surface area (Å²) in [5.41, 5.74) is 0.336. The number of aromatic hydroxyl groups is 1. The Hall–Kier alpha value is -1.92. The summed E-state index contributed by atoms with van der Waals surface area (Å²) in [6.07, 6.45) is -1.12. The van der Waals surface area contributed by atoms with E-state index in [1.165, 1.54) is 31.6 Å². The molecule has 0 amide bonds. The van der Waals surface area contributed by atoms with Gasteiger partial charge in [-0.15, -0.1) is 0 Å². The lowest BCUT2D eigenvalue weighted by atomic mass is 10.0. The minimum Gasteiger partial charge on any atom is -0.504 e. The van der Waals surface area contributed by atoms with Gasteiger partial charge in [-0.3, -0.25) is 9.59 Å². The molecular weight excluding hydrogens is 264 g/mol. The van der Waals surface area contributed by atoms with E-state index >= 15 is 0 Å². The van der Waals surface area contributed by atoms with Crippen molar-refractivity contribution >= 4 is 12.1 Å². The molecule has 20 heavy (non-hydrogen) atoms. The van der Waals surface area contributed by atoms with E-state index in [9.17, 15) is 24.9 Å². The van der Waals surface area contributed by atoms with E-state index in [0.29, 0.717) is 5.56 Å². The summed E-state index contributed by atoms with van der Waals surface area (Å²) in [7, 11) is 1.37. The summed E-state index contributed by atoms with van der Waals surface area (Å²) in [5.74, 6) is -0.141. The van der Waals surface area contributed by atoms with Crippen LogP contribution in [0.1, 0.15) is 29.6 Å². The van der Waals surface area contributed by atoms with Gasteiger partial charge in [-0.2, -0.15) is 0 Å². The molecule has 2 unspecified atom stereocenters. The Labute approximate surface area is 116 Å². The van der Waals surface area contributed by atoms with Crippen LogP contribution in [0.2, 0.25) is 0 Å². The first-order valence-corrected chi connectivity index (χ1v) is 6.11. The zero-order valence-electron chi connectivity index (χ0n) is 11.1. The number of aliphatic hydroxyl groups excluding tert-OH is 2. The van der Waals surface area contributed by atoms with Crippen LogP contribution in [0.25, 0.3) is 0 Å². The van der Waals surface area contributed by atoms with Gasteiger partial charge in [0.2, 0.25) is 6.29 Å². The van der Waals surface area contributed by atoms with Crippen molar-refractivity contribution in [3.63, 3.8) is 0 Å². The molecule has 0 aliphatic heterocycles. The number of phenolic OH excluding ortho intramolecular Hbond substituents is 1. The highest BCUT2D eigenvalue weighted by Gasteiger charge is 2.18. The van der Waals surface area contributed by atoms with Crippen LogP contribution < -0.4 is 4.74 Å². The summed E-state index contributed by atoms with van der Waals surface area (Å²) < 4.78 is 4.90. The van der Waals surface area contributed by atoms with Crippen molar-refractivity contribution in [1.29, 1.82) is 0 Å². The van der Waals surface area contributed by atoms with Gasteiger partial charge in [-0.1, -0.05) is 0 Å². The van der Waals surface area contributed by atoms with Crippen LogP contribution in [0.5, 0.6) is 11.5 Å². The number of methoxy groups -OCH3 is 1. The van der Waals surface area contributed by atoms with Crippen molar-refractivity contribution in [2.24, 2.45) is 0 Å². The first kappa shape index (κ1) is 16.1. The Morgan fingerprint density at radius 1 is 1.35 bits per heavy atom. The summed E-state index contributed by atoms with van der Waals surface area (Å²) >= 11 is 0. The molecule has 2 atom stereocenters. The normalized spacial score (nSPS) is 13.6. The number of hydrogen-bond donors (Lipinski definition) is 3. The van der Waals surface area contributed by atoms with E-state index in [2.05, 4.69) is 0 Å². The summed E-state index contributed by atoms with van der Waals surface area (Å²) in [4.78, 5) is 22.0. The third-order valence-corrected chi connectivity index (χ3v) is 2.91.